The minimum absolute atomic E-state index is 0.596. The highest BCUT2D eigenvalue weighted by atomic mass is 15.3. The third kappa shape index (κ3) is 4.13. The van der Waals surface area contributed by atoms with Crippen LogP contribution in [0.3, 0.4) is 0 Å². The second kappa shape index (κ2) is 7.75. The lowest BCUT2D eigenvalue weighted by Crippen LogP contribution is -2.36. The molecule has 0 spiro atoms. The molecule has 0 saturated carbocycles. The molecule has 0 bridgehead atoms. The number of hydrogen-bond acceptors (Lipinski definition) is 4. The van der Waals surface area contributed by atoms with Crippen LogP contribution >= 0.6 is 0 Å². The quantitative estimate of drug-likeness (QED) is 0.808. The zero-order valence-electron chi connectivity index (χ0n) is 15.2. The molecule has 0 unspecified atom stereocenters. The van der Waals surface area contributed by atoms with E-state index in [0.717, 1.165) is 19.0 Å². The predicted octanol–water partition coefficient (Wildman–Crippen LogP) is 2.73. The van der Waals surface area contributed by atoms with E-state index in [0.29, 0.717) is 5.92 Å². The van der Waals surface area contributed by atoms with Crippen molar-refractivity contribution in [3.05, 3.63) is 11.6 Å². The van der Waals surface area contributed by atoms with E-state index in [1.165, 1.54) is 70.1 Å². The highest BCUT2D eigenvalue weighted by Gasteiger charge is 2.26. The van der Waals surface area contributed by atoms with E-state index >= 15 is 0 Å². The van der Waals surface area contributed by atoms with Crippen LogP contribution in [0.5, 0.6) is 0 Å². The summed E-state index contributed by atoms with van der Waals surface area (Å²) in [5.74, 6) is 3.77. The molecule has 5 nitrogen and oxygen atoms in total. The lowest BCUT2D eigenvalue weighted by atomic mass is 9.95. The van der Waals surface area contributed by atoms with Crippen LogP contribution < -0.4 is 0 Å². The summed E-state index contributed by atoms with van der Waals surface area (Å²) < 4.78 is 2.39. The minimum atomic E-state index is 0.596. The molecule has 3 heterocycles. The van der Waals surface area contributed by atoms with Gasteiger partial charge in [0.1, 0.15) is 11.6 Å². The van der Waals surface area contributed by atoms with Crippen LogP contribution in [-0.4, -0.2) is 57.3 Å². The van der Waals surface area contributed by atoms with E-state index in [-0.39, 0.29) is 0 Å². The molecule has 130 valence electrons. The van der Waals surface area contributed by atoms with Crippen LogP contribution in [0.1, 0.15) is 64.0 Å². The third-order valence-electron chi connectivity index (χ3n) is 5.31. The van der Waals surface area contributed by atoms with Gasteiger partial charge < -0.3 is 9.47 Å². The minimum Gasteiger partial charge on any atom is -0.314 e. The Balaban J connectivity index is 1.62. The maximum Gasteiger partial charge on any atom is 0.147 e. The Bertz CT molecular complexity index is 482. The molecule has 1 aromatic heterocycles. The molecule has 5 heteroatoms. The molecule has 2 aliphatic heterocycles. The van der Waals surface area contributed by atoms with Gasteiger partial charge in [-0.25, -0.2) is 0 Å². The van der Waals surface area contributed by atoms with Crippen LogP contribution in [0.25, 0.3) is 0 Å². The molecule has 0 aromatic carbocycles. The summed E-state index contributed by atoms with van der Waals surface area (Å²) >= 11 is 0. The van der Waals surface area contributed by atoms with Gasteiger partial charge in [-0.15, -0.1) is 10.2 Å². The van der Waals surface area contributed by atoms with E-state index in [1.54, 1.807) is 0 Å². The SMILES string of the molecule is CCn1c(CN2CCCC2)nnc1C1CCN(CC(C)C)CC1. The summed E-state index contributed by atoms with van der Waals surface area (Å²) in [5, 5.41) is 9.16. The normalized spacial score (nSPS) is 21.6. The second-order valence-corrected chi connectivity index (χ2v) is 7.67. The molecule has 0 aliphatic carbocycles. The number of hydrogen-bond donors (Lipinski definition) is 0. The summed E-state index contributed by atoms with van der Waals surface area (Å²) in [5.41, 5.74) is 0. The average molecular weight is 319 g/mol. The standard InChI is InChI=1S/C18H33N5/c1-4-23-17(14-21-9-5-6-10-21)19-20-18(23)16-7-11-22(12-8-16)13-15(2)3/h15-16H,4-14H2,1-3H3. The van der Waals surface area contributed by atoms with E-state index in [9.17, 15) is 0 Å². The molecule has 0 radical (unpaired) electrons. The molecule has 0 N–H and O–H groups in total. The first-order valence-corrected chi connectivity index (χ1v) is 9.54. The van der Waals surface area contributed by atoms with Gasteiger partial charge in [0.25, 0.3) is 0 Å². The fraction of sp³-hybridized carbons (Fsp3) is 0.889. The first kappa shape index (κ1) is 16.9. The topological polar surface area (TPSA) is 37.2 Å². The van der Waals surface area contributed by atoms with Crippen LogP contribution in [0, 0.1) is 5.92 Å². The average Bonchev–Trinajstić information content (AvgIpc) is 3.17. The van der Waals surface area contributed by atoms with Crippen LogP contribution in [-0.2, 0) is 13.1 Å². The maximum atomic E-state index is 4.61. The van der Waals surface area contributed by atoms with Crippen molar-refractivity contribution in [3.8, 4) is 0 Å². The zero-order valence-corrected chi connectivity index (χ0v) is 15.2. The maximum absolute atomic E-state index is 4.61. The smallest absolute Gasteiger partial charge is 0.147 e. The molecule has 0 amide bonds. The fourth-order valence-electron chi connectivity index (χ4n) is 4.14. The van der Waals surface area contributed by atoms with Gasteiger partial charge in [0.05, 0.1) is 6.54 Å². The van der Waals surface area contributed by atoms with Gasteiger partial charge in [-0.1, -0.05) is 13.8 Å². The first-order chi connectivity index (χ1) is 11.2. The van der Waals surface area contributed by atoms with Crippen molar-refractivity contribution in [2.45, 2.75) is 65.5 Å². The fourth-order valence-corrected chi connectivity index (χ4v) is 4.14. The van der Waals surface area contributed by atoms with Gasteiger partial charge in [0, 0.05) is 19.0 Å². The number of piperidine rings is 1. The molecule has 2 aliphatic rings. The summed E-state index contributed by atoms with van der Waals surface area (Å²) in [4.78, 5) is 5.13. The molecule has 0 atom stereocenters. The van der Waals surface area contributed by atoms with Gasteiger partial charge >= 0.3 is 0 Å². The largest absolute Gasteiger partial charge is 0.314 e. The number of aromatic nitrogens is 3. The molecule has 23 heavy (non-hydrogen) atoms. The Morgan fingerprint density at radius 2 is 1.70 bits per heavy atom. The Morgan fingerprint density at radius 3 is 2.30 bits per heavy atom. The Morgan fingerprint density at radius 1 is 1.00 bits per heavy atom. The van der Waals surface area contributed by atoms with Crippen molar-refractivity contribution in [2.75, 3.05) is 32.7 Å². The van der Waals surface area contributed by atoms with Crippen molar-refractivity contribution in [1.29, 1.82) is 0 Å². The number of nitrogens with zero attached hydrogens (tertiary/aromatic N) is 5. The van der Waals surface area contributed by atoms with E-state index in [2.05, 4.69) is 45.3 Å². The van der Waals surface area contributed by atoms with E-state index in [1.807, 2.05) is 0 Å². The lowest BCUT2D eigenvalue weighted by molar-refractivity contribution is 0.188. The monoisotopic (exact) mass is 319 g/mol. The second-order valence-electron chi connectivity index (χ2n) is 7.67. The number of rotatable bonds is 6. The van der Waals surface area contributed by atoms with E-state index < -0.39 is 0 Å². The summed E-state index contributed by atoms with van der Waals surface area (Å²) in [6, 6.07) is 0. The molecule has 2 saturated heterocycles. The Labute approximate surface area is 141 Å². The van der Waals surface area contributed by atoms with Crippen molar-refractivity contribution in [1.82, 2.24) is 24.6 Å². The molecule has 3 rings (SSSR count). The third-order valence-corrected chi connectivity index (χ3v) is 5.31. The van der Waals surface area contributed by atoms with Crippen LogP contribution in [0.2, 0.25) is 0 Å². The molecule has 2 fully saturated rings. The lowest BCUT2D eigenvalue weighted by Gasteiger charge is -2.32. The number of likely N-dealkylation sites (tertiary alicyclic amines) is 2. The van der Waals surface area contributed by atoms with Gasteiger partial charge in [0.15, 0.2) is 0 Å². The summed E-state index contributed by atoms with van der Waals surface area (Å²) in [6.45, 7) is 14.9. The van der Waals surface area contributed by atoms with Crippen molar-refractivity contribution < 1.29 is 0 Å². The Hall–Kier alpha value is -0.940. The summed E-state index contributed by atoms with van der Waals surface area (Å²) in [7, 11) is 0. The highest BCUT2D eigenvalue weighted by molar-refractivity contribution is 5.04. The molecule has 1 aromatic rings. The van der Waals surface area contributed by atoms with Crippen LogP contribution in [0.15, 0.2) is 0 Å². The zero-order chi connectivity index (χ0) is 16.2. The molecular formula is C18H33N5. The predicted molar refractivity (Wildman–Crippen MR) is 93.5 cm³/mol. The van der Waals surface area contributed by atoms with Gasteiger partial charge in [-0.3, -0.25) is 4.90 Å². The van der Waals surface area contributed by atoms with Gasteiger partial charge in [0.2, 0.25) is 0 Å². The van der Waals surface area contributed by atoms with Crippen LogP contribution in [0.4, 0.5) is 0 Å². The first-order valence-electron chi connectivity index (χ1n) is 9.54. The van der Waals surface area contributed by atoms with Crippen molar-refractivity contribution in [2.24, 2.45) is 5.92 Å². The summed E-state index contributed by atoms with van der Waals surface area (Å²) in [6.07, 6.45) is 5.13. The van der Waals surface area contributed by atoms with E-state index in [4.69, 9.17) is 0 Å². The Kier molecular flexibility index (Phi) is 5.70. The molecular weight excluding hydrogens is 286 g/mol. The van der Waals surface area contributed by atoms with Gasteiger partial charge in [-0.2, -0.15) is 0 Å². The van der Waals surface area contributed by atoms with Crippen molar-refractivity contribution >= 4 is 0 Å². The van der Waals surface area contributed by atoms with Crippen molar-refractivity contribution in [3.63, 3.8) is 0 Å². The van der Waals surface area contributed by atoms with Gasteiger partial charge in [-0.05, 0) is 64.7 Å². The highest BCUT2D eigenvalue weighted by Crippen LogP contribution is 2.28.